The van der Waals surface area contributed by atoms with Gasteiger partial charge in [-0.05, 0) is 23.8 Å². The van der Waals surface area contributed by atoms with Crippen molar-refractivity contribution in [3.05, 3.63) is 46.6 Å². The summed E-state index contributed by atoms with van der Waals surface area (Å²) in [5.41, 5.74) is 6.09. The topological polar surface area (TPSA) is 81.3 Å². The smallest absolute Gasteiger partial charge is 0.387 e. The molecule has 0 radical (unpaired) electrons. The van der Waals surface area contributed by atoms with Gasteiger partial charge in [0.1, 0.15) is 5.75 Å². The van der Waals surface area contributed by atoms with E-state index in [1.165, 1.54) is 18.2 Å². The van der Waals surface area contributed by atoms with Crippen LogP contribution in [0.4, 0.5) is 14.6 Å². The van der Waals surface area contributed by atoms with Crippen LogP contribution in [0.25, 0.3) is 0 Å². The summed E-state index contributed by atoms with van der Waals surface area (Å²) in [4.78, 5) is 13.1. The van der Waals surface area contributed by atoms with E-state index in [1.54, 1.807) is 24.1 Å². The number of anilines is 1. The molecular formula is C14H13ClF2N4O2. The summed E-state index contributed by atoms with van der Waals surface area (Å²) in [5.74, 6) is -0.413. The fourth-order valence-electron chi connectivity index (χ4n) is 1.99. The Bertz CT molecular complexity index is 715. The highest BCUT2D eigenvalue weighted by Gasteiger charge is 2.16. The summed E-state index contributed by atoms with van der Waals surface area (Å²) in [6.45, 7) is -2.62. The average molecular weight is 343 g/mol. The van der Waals surface area contributed by atoms with Gasteiger partial charge in [0.05, 0.1) is 5.56 Å². The van der Waals surface area contributed by atoms with Crippen LogP contribution in [0, 0.1) is 0 Å². The SMILES string of the molecule is CN(Cc1cccc(OC(F)F)c1)c1nnc(Cl)cc1C(N)=O. The monoisotopic (exact) mass is 342 g/mol. The Morgan fingerprint density at radius 2 is 2.13 bits per heavy atom. The molecule has 2 rings (SSSR count). The first-order chi connectivity index (χ1) is 10.9. The molecule has 23 heavy (non-hydrogen) atoms. The number of ether oxygens (including phenoxy) is 1. The lowest BCUT2D eigenvalue weighted by Crippen LogP contribution is -2.24. The minimum absolute atomic E-state index is 0.0446. The first-order valence-electron chi connectivity index (χ1n) is 6.44. The molecule has 0 fully saturated rings. The van der Waals surface area contributed by atoms with Crippen LogP contribution in [0.3, 0.4) is 0 Å². The zero-order valence-electron chi connectivity index (χ0n) is 12.0. The molecule has 0 aliphatic heterocycles. The van der Waals surface area contributed by atoms with Crippen LogP contribution in [0.2, 0.25) is 5.15 Å². The fraction of sp³-hybridized carbons (Fsp3) is 0.214. The van der Waals surface area contributed by atoms with Crippen LogP contribution >= 0.6 is 11.6 Å². The van der Waals surface area contributed by atoms with Crippen LogP contribution in [-0.2, 0) is 6.54 Å². The second-order valence-corrected chi connectivity index (χ2v) is 5.04. The van der Waals surface area contributed by atoms with Crippen LogP contribution in [-0.4, -0.2) is 29.8 Å². The molecule has 0 saturated heterocycles. The summed E-state index contributed by atoms with van der Waals surface area (Å²) >= 11 is 5.71. The van der Waals surface area contributed by atoms with Crippen molar-refractivity contribution in [2.45, 2.75) is 13.2 Å². The number of benzene rings is 1. The number of alkyl halides is 2. The fourth-order valence-corrected chi connectivity index (χ4v) is 2.14. The lowest BCUT2D eigenvalue weighted by molar-refractivity contribution is -0.0498. The van der Waals surface area contributed by atoms with E-state index in [9.17, 15) is 13.6 Å². The highest BCUT2D eigenvalue weighted by molar-refractivity contribution is 6.29. The van der Waals surface area contributed by atoms with Crippen LogP contribution in [0.1, 0.15) is 15.9 Å². The molecule has 1 aromatic carbocycles. The van der Waals surface area contributed by atoms with Crippen molar-refractivity contribution in [1.82, 2.24) is 10.2 Å². The number of nitrogens with two attached hydrogens (primary N) is 1. The van der Waals surface area contributed by atoms with Crippen molar-refractivity contribution < 1.29 is 18.3 Å². The molecule has 0 aliphatic rings. The van der Waals surface area contributed by atoms with Gasteiger partial charge in [-0.3, -0.25) is 4.79 Å². The second-order valence-electron chi connectivity index (χ2n) is 4.65. The number of hydrogen-bond donors (Lipinski definition) is 1. The summed E-state index contributed by atoms with van der Waals surface area (Å²) in [6.07, 6.45) is 0. The molecule has 0 spiro atoms. The van der Waals surface area contributed by atoms with Gasteiger partial charge in [-0.25, -0.2) is 0 Å². The molecule has 0 bridgehead atoms. The number of carbonyl (C=O) groups is 1. The van der Waals surface area contributed by atoms with Gasteiger partial charge in [0, 0.05) is 13.6 Å². The largest absolute Gasteiger partial charge is 0.435 e. The highest BCUT2D eigenvalue weighted by Crippen LogP contribution is 2.22. The third kappa shape index (κ3) is 4.49. The number of nitrogens with zero attached hydrogens (tertiary/aromatic N) is 3. The van der Waals surface area contributed by atoms with Gasteiger partial charge in [0.2, 0.25) is 0 Å². The van der Waals surface area contributed by atoms with Gasteiger partial charge >= 0.3 is 6.61 Å². The molecule has 2 N–H and O–H groups in total. The summed E-state index contributed by atoms with van der Waals surface area (Å²) in [6, 6.07) is 7.52. The minimum Gasteiger partial charge on any atom is -0.435 e. The Morgan fingerprint density at radius 3 is 2.78 bits per heavy atom. The molecule has 0 aliphatic carbocycles. The predicted molar refractivity (Wildman–Crippen MR) is 80.7 cm³/mol. The summed E-state index contributed by atoms with van der Waals surface area (Å²) in [5, 5.41) is 7.59. The van der Waals surface area contributed by atoms with E-state index in [-0.39, 0.29) is 28.8 Å². The normalized spacial score (nSPS) is 10.7. The molecule has 1 amide bonds. The van der Waals surface area contributed by atoms with Gasteiger partial charge in [-0.1, -0.05) is 23.7 Å². The van der Waals surface area contributed by atoms with Crippen molar-refractivity contribution >= 4 is 23.3 Å². The maximum atomic E-state index is 12.2. The molecule has 122 valence electrons. The Labute approximate surface area is 135 Å². The third-order valence-corrected chi connectivity index (χ3v) is 3.10. The molecule has 0 unspecified atom stereocenters. The van der Waals surface area contributed by atoms with Crippen molar-refractivity contribution in [3.8, 4) is 5.75 Å². The molecular weight excluding hydrogens is 330 g/mol. The molecule has 1 heterocycles. The maximum Gasteiger partial charge on any atom is 0.387 e. The Morgan fingerprint density at radius 1 is 1.39 bits per heavy atom. The van der Waals surface area contributed by atoms with Crippen LogP contribution in [0.5, 0.6) is 5.75 Å². The molecule has 9 heteroatoms. The van der Waals surface area contributed by atoms with E-state index in [0.29, 0.717) is 5.56 Å². The van der Waals surface area contributed by atoms with Crippen LogP contribution in [0.15, 0.2) is 30.3 Å². The molecule has 0 atom stereocenters. The maximum absolute atomic E-state index is 12.2. The molecule has 0 saturated carbocycles. The Kier molecular flexibility index (Phi) is 5.28. The van der Waals surface area contributed by atoms with E-state index in [1.807, 2.05) is 0 Å². The summed E-state index contributed by atoms with van der Waals surface area (Å²) < 4.78 is 28.8. The van der Waals surface area contributed by atoms with E-state index < -0.39 is 12.5 Å². The predicted octanol–water partition coefficient (Wildman–Crippen LogP) is 2.47. The van der Waals surface area contributed by atoms with Crippen LogP contribution < -0.4 is 15.4 Å². The van der Waals surface area contributed by atoms with E-state index in [0.717, 1.165) is 0 Å². The first-order valence-corrected chi connectivity index (χ1v) is 6.82. The van der Waals surface area contributed by atoms with Crippen molar-refractivity contribution in [2.24, 2.45) is 5.73 Å². The highest BCUT2D eigenvalue weighted by atomic mass is 35.5. The molecule has 2 aromatic rings. The molecule has 6 nitrogen and oxygen atoms in total. The Hall–Kier alpha value is -2.48. The van der Waals surface area contributed by atoms with Gasteiger partial charge in [-0.2, -0.15) is 8.78 Å². The van der Waals surface area contributed by atoms with Crippen molar-refractivity contribution in [2.75, 3.05) is 11.9 Å². The number of primary amides is 1. The second kappa shape index (κ2) is 7.19. The lowest BCUT2D eigenvalue weighted by Gasteiger charge is -2.20. The lowest BCUT2D eigenvalue weighted by atomic mass is 10.2. The van der Waals surface area contributed by atoms with Gasteiger partial charge in [-0.15, -0.1) is 10.2 Å². The zero-order chi connectivity index (χ0) is 17.0. The number of amides is 1. The molecule has 1 aromatic heterocycles. The minimum atomic E-state index is -2.90. The van der Waals surface area contributed by atoms with Crippen molar-refractivity contribution in [1.29, 1.82) is 0 Å². The number of rotatable bonds is 6. The van der Waals surface area contributed by atoms with E-state index in [4.69, 9.17) is 17.3 Å². The van der Waals surface area contributed by atoms with E-state index >= 15 is 0 Å². The van der Waals surface area contributed by atoms with Crippen molar-refractivity contribution in [3.63, 3.8) is 0 Å². The number of carbonyl (C=O) groups excluding carboxylic acids is 1. The Balaban J connectivity index is 2.22. The third-order valence-electron chi connectivity index (χ3n) is 2.91. The van der Waals surface area contributed by atoms with E-state index in [2.05, 4.69) is 14.9 Å². The quantitative estimate of drug-likeness (QED) is 0.872. The van der Waals surface area contributed by atoms with Gasteiger partial charge in [0.25, 0.3) is 5.91 Å². The number of aromatic nitrogens is 2. The first kappa shape index (κ1) is 16.9. The van der Waals surface area contributed by atoms with Gasteiger partial charge in [0.15, 0.2) is 11.0 Å². The number of hydrogen-bond acceptors (Lipinski definition) is 5. The average Bonchev–Trinajstić information content (AvgIpc) is 2.46. The van der Waals surface area contributed by atoms with Gasteiger partial charge < -0.3 is 15.4 Å². The number of halogens is 3. The summed E-state index contributed by atoms with van der Waals surface area (Å²) in [7, 11) is 1.66. The standard InChI is InChI=1S/C14H13ClF2N4O2/c1-21(13-10(12(18)22)6-11(15)19-20-13)7-8-3-2-4-9(5-8)23-14(16)17/h2-6,14H,7H2,1H3,(H2,18,22). The zero-order valence-corrected chi connectivity index (χ0v) is 12.8.